The number of aromatic nitrogens is 1. The number of nitrogens with zero attached hydrogens (tertiary/aromatic N) is 2. The Morgan fingerprint density at radius 3 is 2.70 bits per heavy atom. The van der Waals surface area contributed by atoms with E-state index in [4.69, 9.17) is 0 Å². The van der Waals surface area contributed by atoms with Crippen molar-refractivity contribution in [2.24, 2.45) is 0 Å². The van der Waals surface area contributed by atoms with Crippen molar-refractivity contribution in [2.75, 3.05) is 6.54 Å². The Morgan fingerprint density at radius 2 is 2.10 bits per heavy atom. The molecule has 1 aromatic carbocycles. The minimum atomic E-state index is -0.289. The number of carbonyl (C=O) groups excluding carboxylic acids is 1. The van der Waals surface area contributed by atoms with Gasteiger partial charge in [-0.1, -0.05) is 12.1 Å². The zero-order valence-corrected chi connectivity index (χ0v) is 11.6. The van der Waals surface area contributed by atoms with Crippen LogP contribution in [0.5, 0.6) is 0 Å². The molecule has 0 saturated heterocycles. The molecule has 0 radical (unpaired) electrons. The first-order valence-electron chi connectivity index (χ1n) is 6.56. The van der Waals surface area contributed by atoms with E-state index < -0.39 is 0 Å². The molecular weight excluding hydrogens is 255 g/mol. The first-order chi connectivity index (χ1) is 9.60. The average molecular weight is 272 g/mol. The van der Waals surface area contributed by atoms with Crippen LogP contribution in [0.25, 0.3) is 0 Å². The summed E-state index contributed by atoms with van der Waals surface area (Å²) in [6.07, 6.45) is 1.58. The van der Waals surface area contributed by atoms with Gasteiger partial charge in [0.2, 0.25) is 0 Å². The van der Waals surface area contributed by atoms with Gasteiger partial charge in [0.05, 0.1) is 5.56 Å². The minimum Gasteiger partial charge on any atom is -0.335 e. The molecule has 3 nitrogen and oxygen atoms in total. The van der Waals surface area contributed by atoms with E-state index in [0.717, 1.165) is 11.3 Å². The van der Waals surface area contributed by atoms with Crippen molar-refractivity contribution in [3.63, 3.8) is 0 Å². The van der Waals surface area contributed by atoms with Crippen molar-refractivity contribution in [3.05, 3.63) is 65.2 Å². The first-order valence-corrected chi connectivity index (χ1v) is 6.56. The second-order valence-corrected chi connectivity index (χ2v) is 4.64. The van der Waals surface area contributed by atoms with Crippen molar-refractivity contribution in [2.45, 2.75) is 20.4 Å². The van der Waals surface area contributed by atoms with Crippen LogP contribution in [0.2, 0.25) is 0 Å². The summed E-state index contributed by atoms with van der Waals surface area (Å²) < 4.78 is 13.2. The summed E-state index contributed by atoms with van der Waals surface area (Å²) in [5.74, 6) is -0.382. The van der Waals surface area contributed by atoms with Gasteiger partial charge in [-0.15, -0.1) is 0 Å². The van der Waals surface area contributed by atoms with Crippen LogP contribution in [0.4, 0.5) is 4.39 Å². The summed E-state index contributed by atoms with van der Waals surface area (Å²) >= 11 is 0. The molecule has 2 rings (SSSR count). The van der Waals surface area contributed by atoms with Crippen molar-refractivity contribution in [3.8, 4) is 0 Å². The number of carbonyl (C=O) groups is 1. The number of halogens is 1. The van der Waals surface area contributed by atoms with Crippen molar-refractivity contribution in [1.82, 2.24) is 9.88 Å². The highest BCUT2D eigenvalue weighted by atomic mass is 19.1. The van der Waals surface area contributed by atoms with Gasteiger partial charge in [-0.25, -0.2) is 4.39 Å². The van der Waals surface area contributed by atoms with Gasteiger partial charge < -0.3 is 4.90 Å². The highest BCUT2D eigenvalue weighted by Crippen LogP contribution is 2.11. The maximum Gasteiger partial charge on any atom is 0.255 e. The molecular formula is C16H17FN2O. The SMILES string of the molecule is CCN(Cc1cccc(F)c1)C(=O)c1ccc(C)nc1. The molecule has 20 heavy (non-hydrogen) atoms. The zero-order chi connectivity index (χ0) is 14.5. The molecule has 0 spiro atoms. The van der Waals surface area contributed by atoms with E-state index in [9.17, 15) is 9.18 Å². The van der Waals surface area contributed by atoms with Crippen molar-refractivity contribution >= 4 is 5.91 Å². The summed E-state index contributed by atoms with van der Waals surface area (Å²) in [4.78, 5) is 18.2. The quantitative estimate of drug-likeness (QED) is 0.856. The van der Waals surface area contributed by atoms with E-state index in [0.29, 0.717) is 18.7 Å². The molecule has 0 aliphatic carbocycles. The lowest BCUT2D eigenvalue weighted by Crippen LogP contribution is -2.30. The lowest BCUT2D eigenvalue weighted by Gasteiger charge is -2.21. The van der Waals surface area contributed by atoms with E-state index in [1.165, 1.54) is 12.1 Å². The van der Waals surface area contributed by atoms with Gasteiger partial charge in [-0.2, -0.15) is 0 Å². The van der Waals surface area contributed by atoms with Crippen LogP contribution in [0, 0.1) is 12.7 Å². The Morgan fingerprint density at radius 1 is 1.30 bits per heavy atom. The molecule has 0 saturated carbocycles. The molecule has 104 valence electrons. The number of pyridine rings is 1. The second kappa shape index (κ2) is 6.28. The Hall–Kier alpha value is -2.23. The Labute approximate surface area is 118 Å². The lowest BCUT2D eigenvalue weighted by atomic mass is 10.1. The molecule has 0 aliphatic rings. The molecule has 1 heterocycles. The van der Waals surface area contributed by atoms with Crippen LogP contribution in [-0.2, 0) is 6.54 Å². The smallest absolute Gasteiger partial charge is 0.255 e. The Bertz CT molecular complexity index is 596. The summed E-state index contributed by atoms with van der Waals surface area (Å²) in [5, 5.41) is 0. The van der Waals surface area contributed by atoms with Crippen LogP contribution >= 0.6 is 0 Å². The molecule has 0 aliphatic heterocycles. The van der Waals surface area contributed by atoms with Gasteiger partial charge in [0.15, 0.2) is 0 Å². The number of hydrogen-bond acceptors (Lipinski definition) is 2. The monoisotopic (exact) mass is 272 g/mol. The molecule has 2 aromatic rings. The van der Waals surface area contributed by atoms with E-state index in [2.05, 4.69) is 4.98 Å². The fourth-order valence-corrected chi connectivity index (χ4v) is 1.96. The molecule has 0 unspecified atom stereocenters. The number of hydrogen-bond donors (Lipinski definition) is 0. The molecule has 0 bridgehead atoms. The third kappa shape index (κ3) is 3.41. The normalized spacial score (nSPS) is 10.3. The largest absolute Gasteiger partial charge is 0.335 e. The average Bonchev–Trinajstić information content (AvgIpc) is 2.45. The number of aryl methyl sites for hydroxylation is 1. The lowest BCUT2D eigenvalue weighted by molar-refractivity contribution is 0.0752. The van der Waals surface area contributed by atoms with E-state index in [1.54, 1.807) is 23.2 Å². The number of rotatable bonds is 4. The molecule has 1 amide bonds. The molecule has 4 heteroatoms. The fraction of sp³-hybridized carbons (Fsp3) is 0.250. The van der Waals surface area contributed by atoms with Gasteiger partial charge in [0.25, 0.3) is 5.91 Å². The van der Waals surface area contributed by atoms with Crippen LogP contribution < -0.4 is 0 Å². The third-order valence-electron chi connectivity index (χ3n) is 3.09. The minimum absolute atomic E-state index is 0.0933. The summed E-state index contributed by atoms with van der Waals surface area (Å²) in [6, 6.07) is 9.87. The Balaban J connectivity index is 2.15. The van der Waals surface area contributed by atoms with Crippen LogP contribution in [0.3, 0.4) is 0 Å². The fourth-order valence-electron chi connectivity index (χ4n) is 1.96. The van der Waals surface area contributed by atoms with E-state index >= 15 is 0 Å². The van der Waals surface area contributed by atoms with E-state index in [1.807, 2.05) is 26.0 Å². The van der Waals surface area contributed by atoms with Crippen LogP contribution in [0.1, 0.15) is 28.5 Å². The van der Waals surface area contributed by atoms with Gasteiger partial charge in [-0.05, 0) is 43.7 Å². The summed E-state index contributed by atoms with van der Waals surface area (Å²) in [5.41, 5.74) is 2.20. The molecule has 0 N–H and O–H groups in total. The molecule has 0 fully saturated rings. The molecule has 1 aromatic heterocycles. The second-order valence-electron chi connectivity index (χ2n) is 4.64. The van der Waals surface area contributed by atoms with Crippen molar-refractivity contribution in [1.29, 1.82) is 0 Å². The topological polar surface area (TPSA) is 33.2 Å². The maximum absolute atomic E-state index is 13.2. The predicted octanol–water partition coefficient (Wildman–Crippen LogP) is 3.19. The van der Waals surface area contributed by atoms with Gasteiger partial charge in [0, 0.05) is 25.0 Å². The van der Waals surface area contributed by atoms with Gasteiger partial charge in [0.1, 0.15) is 5.82 Å². The summed E-state index contributed by atoms with van der Waals surface area (Å²) in [6.45, 7) is 4.72. The van der Waals surface area contributed by atoms with E-state index in [-0.39, 0.29) is 11.7 Å². The highest BCUT2D eigenvalue weighted by molar-refractivity contribution is 5.93. The Kier molecular flexibility index (Phi) is 4.45. The number of amides is 1. The van der Waals surface area contributed by atoms with Gasteiger partial charge in [-0.3, -0.25) is 9.78 Å². The number of benzene rings is 1. The molecule has 0 atom stereocenters. The predicted molar refractivity (Wildman–Crippen MR) is 75.8 cm³/mol. The highest BCUT2D eigenvalue weighted by Gasteiger charge is 2.14. The van der Waals surface area contributed by atoms with Crippen LogP contribution in [-0.4, -0.2) is 22.3 Å². The first kappa shape index (κ1) is 14.2. The zero-order valence-electron chi connectivity index (χ0n) is 11.6. The van der Waals surface area contributed by atoms with Crippen LogP contribution in [0.15, 0.2) is 42.6 Å². The standard InChI is InChI=1S/C16H17FN2O/c1-3-19(11-13-5-4-6-15(17)9-13)16(20)14-8-7-12(2)18-10-14/h4-10H,3,11H2,1-2H3. The van der Waals surface area contributed by atoms with Crippen molar-refractivity contribution < 1.29 is 9.18 Å². The van der Waals surface area contributed by atoms with Gasteiger partial charge >= 0.3 is 0 Å². The summed E-state index contributed by atoms with van der Waals surface area (Å²) in [7, 11) is 0. The third-order valence-corrected chi connectivity index (χ3v) is 3.09. The maximum atomic E-state index is 13.2.